The van der Waals surface area contributed by atoms with Crippen molar-refractivity contribution in [3.05, 3.63) is 56.5 Å². The van der Waals surface area contributed by atoms with E-state index in [1.165, 1.54) is 0 Å². The number of carbonyl (C=O) groups is 3. The number of halogens is 2. The average Bonchev–Trinajstić information content (AvgIpc) is 2.90. The standard InChI is InChI=1S/C20H17Br2N3O4/c1-11-8-13(21)17(14(22)9-11)23-16(26)10-25-18(27)20(24-19(25)28)6-7-29-15-5-3-2-4-12(15)20/h2-5,8-9H,6-7,10H2,1H3,(H,23,26)(H,24,28)/t20-/m1/s1. The highest BCUT2D eigenvalue weighted by molar-refractivity contribution is 9.11. The van der Waals surface area contributed by atoms with Gasteiger partial charge >= 0.3 is 6.03 Å². The molecule has 0 unspecified atom stereocenters. The summed E-state index contributed by atoms with van der Waals surface area (Å²) in [5.41, 5.74) is 0.961. The van der Waals surface area contributed by atoms with Gasteiger partial charge in [0.1, 0.15) is 12.3 Å². The normalized spacial score (nSPS) is 20.3. The van der Waals surface area contributed by atoms with Crippen molar-refractivity contribution in [2.24, 2.45) is 0 Å². The van der Waals surface area contributed by atoms with Crippen LogP contribution in [0.15, 0.2) is 45.3 Å². The number of para-hydroxylation sites is 1. The summed E-state index contributed by atoms with van der Waals surface area (Å²) in [6.07, 6.45) is 0.307. The van der Waals surface area contributed by atoms with Crippen molar-refractivity contribution in [3.8, 4) is 5.75 Å². The van der Waals surface area contributed by atoms with E-state index in [1.54, 1.807) is 18.2 Å². The Morgan fingerprint density at radius 1 is 1.24 bits per heavy atom. The van der Waals surface area contributed by atoms with Gasteiger partial charge < -0.3 is 15.4 Å². The van der Waals surface area contributed by atoms with Gasteiger partial charge in [0.2, 0.25) is 5.91 Å². The minimum atomic E-state index is -1.20. The number of urea groups is 1. The quantitative estimate of drug-likeness (QED) is 0.602. The lowest BCUT2D eigenvalue weighted by molar-refractivity contribution is -0.135. The maximum atomic E-state index is 13.2. The molecular formula is C20H17Br2N3O4. The number of hydrogen-bond acceptors (Lipinski definition) is 4. The van der Waals surface area contributed by atoms with Crippen LogP contribution in [-0.2, 0) is 15.1 Å². The molecule has 2 aliphatic rings. The number of hydrogen-bond donors (Lipinski definition) is 2. The molecule has 0 radical (unpaired) electrons. The fourth-order valence-corrected chi connectivity index (χ4v) is 5.27. The van der Waals surface area contributed by atoms with E-state index < -0.39 is 23.4 Å². The van der Waals surface area contributed by atoms with Crippen LogP contribution in [0.5, 0.6) is 5.75 Å². The number of benzene rings is 2. The highest BCUT2D eigenvalue weighted by Gasteiger charge is 2.55. The van der Waals surface area contributed by atoms with E-state index >= 15 is 0 Å². The summed E-state index contributed by atoms with van der Waals surface area (Å²) in [6, 6.07) is 10.3. The van der Waals surface area contributed by atoms with E-state index in [4.69, 9.17) is 4.74 Å². The number of fused-ring (bicyclic) bond motifs is 2. The summed E-state index contributed by atoms with van der Waals surface area (Å²) in [4.78, 5) is 39.4. The molecule has 0 aromatic heterocycles. The van der Waals surface area contributed by atoms with Crippen LogP contribution >= 0.6 is 31.9 Å². The molecule has 2 aromatic carbocycles. The molecule has 7 nitrogen and oxygen atoms in total. The summed E-state index contributed by atoms with van der Waals surface area (Å²) in [5, 5.41) is 5.54. The minimum absolute atomic E-state index is 0.298. The number of aryl methyl sites for hydroxylation is 1. The largest absolute Gasteiger partial charge is 0.493 e. The molecule has 2 aromatic rings. The van der Waals surface area contributed by atoms with Crippen molar-refractivity contribution in [2.45, 2.75) is 18.9 Å². The first kappa shape index (κ1) is 19.9. The van der Waals surface area contributed by atoms with Crippen LogP contribution in [0.25, 0.3) is 0 Å². The van der Waals surface area contributed by atoms with Crippen molar-refractivity contribution < 1.29 is 19.1 Å². The second-order valence-electron chi connectivity index (χ2n) is 6.97. The fraction of sp³-hybridized carbons (Fsp3) is 0.250. The van der Waals surface area contributed by atoms with Gasteiger partial charge in [0, 0.05) is 20.9 Å². The number of nitrogens with zero attached hydrogens (tertiary/aromatic N) is 1. The Morgan fingerprint density at radius 3 is 2.66 bits per heavy atom. The Balaban J connectivity index is 1.56. The van der Waals surface area contributed by atoms with Crippen molar-refractivity contribution in [2.75, 3.05) is 18.5 Å². The zero-order valence-electron chi connectivity index (χ0n) is 15.4. The van der Waals surface area contributed by atoms with Crippen LogP contribution < -0.4 is 15.4 Å². The summed E-state index contributed by atoms with van der Waals surface area (Å²) >= 11 is 6.84. The van der Waals surface area contributed by atoms with Gasteiger partial charge in [-0.1, -0.05) is 18.2 Å². The molecule has 2 aliphatic heterocycles. The predicted octanol–water partition coefficient (Wildman–Crippen LogP) is 3.69. The zero-order chi connectivity index (χ0) is 20.8. The van der Waals surface area contributed by atoms with E-state index in [1.807, 2.05) is 25.1 Å². The van der Waals surface area contributed by atoms with Gasteiger partial charge in [-0.2, -0.15) is 0 Å². The number of anilines is 1. The number of carbonyl (C=O) groups excluding carboxylic acids is 3. The number of ether oxygens (including phenoxy) is 1. The number of imide groups is 1. The van der Waals surface area contributed by atoms with E-state index in [9.17, 15) is 14.4 Å². The first-order chi connectivity index (χ1) is 13.8. The molecule has 9 heteroatoms. The Morgan fingerprint density at radius 2 is 1.93 bits per heavy atom. The maximum Gasteiger partial charge on any atom is 0.325 e. The molecule has 4 amide bonds. The first-order valence-corrected chi connectivity index (χ1v) is 10.5. The lowest BCUT2D eigenvalue weighted by Gasteiger charge is -2.33. The van der Waals surface area contributed by atoms with Crippen molar-refractivity contribution in [1.29, 1.82) is 0 Å². The minimum Gasteiger partial charge on any atom is -0.493 e. The lowest BCUT2D eigenvalue weighted by atomic mass is 9.84. The van der Waals surface area contributed by atoms with E-state index in [0.717, 1.165) is 10.5 Å². The van der Waals surface area contributed by atoms with Crippen LogP contribution in [0.4, 0.5) is 10.5 Å². The lowest BCUT2D eigenvalue weighted by Crippen LogP contribution is -2.48. The molecule has 0 aliphatic carbocycles. The first-order valence-electron chi connectivity index (χ1n) is 8.94. The van der Waals surface area contributed by atoms with Crippen molar-refractivity contribution >= 4 is 55.4 Å². The number of nitrogens with one attached hydrogen (secondary N) is 2. The Kier molecular flexibility index (Phi) is 5.12. The topological polar surface area (TPSA) is 87.7 Å². The van der Waals surface area contributed by atoms with Crippen LogP contribution in [-0.4, -0.2) is 35.9 Å². The molecule has 29 heavy (non-hydrogen) atoms. The SMILES string of the molecule is Cc1cc(Br)c(NC(=O)CN2C(=O)N[C@@]3(CCOc4ccccc43)C2=O)c(Br)c1. The monoisotopic (exact) mass is 521 g/mol. The van der Waals surface area contributed by atoms with E-state index in [2.05, 4.69) is 42.5 Å². The highest BCUT2D eigenvalue weighted by atomic mass is 79.9. The predicted molar refractivity (Wildman–Crippen MR) is 114 cm³/mol. The third-order valence-electron chi connectivity index (χ3n) is 5.01. The molecular weight excluding hydrogens is 506 g/mol. The van der Waals surface area contributed by atoms with Gasteiger partial charge in [0.25, 0.3) is 5.91 Å². The molecule has 1 atom stereocenters. The van der Waals surface area contributed by atoms with Crippen LogP contribution in [0.2, 0.25) is 0 Å². The zero-order valence-corrected chi connectivity index (χ0v) is 18.6. The molecule has 0 saturated carbocycles. The summed E-state index contributed by atoms with van der Waals surface area (Å²) < 4.78 is 7.01. The molecule has 2 heterocycles. The summed E-state index contributed by atoms with van der Waals surface area (Å²) in [5.74, 6) is -0.363. The van der Waals surface area contributed by atoms with Gasteiger partial charge in [-0.05, 0) is 62.5 Å². The number of amides is 4. The molecule has 2 N–H and O–H groups in total. The van der Waals surface area contributed by atoms with Gasteiger partial charge in [0.15, 0.2) is 5.54 Å². The second kappa shape index (κ2) is 7.46. The van der Waals surface area contributed by atoms with E-state index in [-0.39, 0.29) is 6.54 Å². The molecule has 1 saturated heterocycles. The van der Waals surface area contributed by atoms with Gasteiger partial charge in [0.05, 0.1) is 12.3 Å². The maximum absolute atomic E-state index is 13.2. The highest BCUT2D eigenvalue weighted by Crippen LogP contribution is 2.41. The van der Waals surface area contributed by atoms with Crippen LogP contribution in [0.3, 0.4) is 0 Å². The molecule has 1 fully saturated rings. The Labute approximate surface area is 184 Å². The third-order valence-corrected chi connectivity index (χ3v) is 6.26. The average molecular weight is 523 g/mol. The molecule has 0 bridgehead atoms. The van der Waals surface area contributed by atoms with E-state index in [0.29, 0.717) is 39.0 Å². The molecule has 150 valence electrons. The van der Waals surface area contributed by atoms with Gasteiger partial charge in [-0.15, -0.1) is 0 Å². The van der Waals surface area contributed by atoms with Gasteiger partial charge in [-0.25, -0.2) is 4.79 Å². The Bertz CT molecular complexity index is 1020. The van der Waals surface area contributed by atoms with Gasteiger partial charge in [-0.3, -0.25) is 14.5 Å². The smallest absolute Gasteiger partial charge is 0.325 e. The summed E-state index contributed by atoms with van der Waals surface area (Å²) in [6.45, 7) is 1.84. The summed E-state index contributed by atoms with van der Waals surface area (Å²) in [7, 11) is 0. The van der Waals surface area contributed by atoms with Crippen molar-refractivity contribution in [3.63, 3.8) is 0 Å². The van der Waals surface area contributed by atoms with Crippen LogP contribution in [0, 0.1) is 6.92 Å². The second-order valence-corrected chi connectivity index (χ2v) is 8.68. The molecule has 1 spiro atoms. The molecule has 4 rings (SSSR count). The van der Waals surface area contributed by atoms with Crippen LogP contribution in [0.1, 0.15) is 17.5 Å². The Hall–Kier alpha value is -2.39. The third kappa shape index (κ3) is 3.42. The fourth-order valence-electron chi connectivity index (χ4n) is 3.66. The number of rotatable bonds is 3. The van der Waals surface area contributed by atoms with Crippen molar-refractivity contribution in [1.82, 2.24) is 10.2 Å².